The molecule has 6 nitrogen and oxygen atoms in total. The number of hydrogen-bond acceptors (Lipinski definition) is 5. The molecule has 0 fully saturated rings. The normalized spacial score (nSPS) is 10.5. The van der Waals surface area contributed by atoms with Crippen LogP contribution in [0.5, 0.6) is 0 Å². The summed E-state index contributed by atoms with van der Waals surface area (Å²) in [6.07, 6.45) is 6.19. The van der Waals surface area contributed by atoms with Gasteiger partial charge in [0.15, 0.2) is 0 Å². The van der Waals surface area contributed by atoms with Crippen LogP contribution in [0.25, 0.3) is 22.4 Å². The van der Waals surface area contributed by atoms with E-state index in [9.17, 15) is 5.26 Å². The number of nitrogens with zero attached hydrogens (tertiary/aromatic N) is 5. The lowest BCUT2D eigenvalue weighted by Crippen LogP contribution is -2.02. The Kier molecular flexibility index (Phi) is 4.25. The second-order valence-corrected chi connectivity index (χ2v) is 5.53. The van der Waals surface area contributed by atoms with Crippen molar-refractivity contribution in [1.29, 1.82) is 5.26 Å². The van der Waals surface area contributed by atoms with Crippen molar-refractivity contribution in [3.8, 4) is 28.5 Å². The van der Waals surface area contributed by atoms with Gasteiger partial charge in [-0.25, -0.2) is 4.98 Å². The molecule has 0 radical (unpaired) electrons. The molecule has 0 aliphatic rings. The SMILES string of the molecule is CCCn1ncc(-c2cc(-c3ccncc3)nc(N)c2C#N)c1C. The van der Waals surface area contributed by atoms with Gasteiger partial charge in [-0.3, -0.25) is 9.67 Å². The molecule has 0 aliphatic carbocycles. The summed E-state index contributed by atoms with van der Waals surface area (Å²) >= 11 is 0. The maximum absolute atomic E-state index is 9.52. The van der Waals surface area contributed by atoms with Gasteiger partial charge in [0.05, 0.1) is 11.9 Å². The van der Waals surface area contributed by atoms with Gasteiger partial charge in [-0.2, -0.15) is 10.4 Å². The number of pyridine rings is 2. The molecule has 0 saturated heterocycles. The zero-order chi connectivity index (χ0) is 17.1. The first-order valence-electron chi connectivity index (χ1n) is 7.79. The van der Waals surface area contributed by atoms with Gasteiger partial charge < -0.3 is 5.73 Å². The van der Waals surface area contributed by atoms with E-state index in [1.54, 1.807) is 18.6 Å². The minimum atomic E-state index is 0.226. The Labute approximate surface area is 140 Å². The summed E-state index contributed by atoms with van der Waals surface area (Å²) in [5.74, 6) is 0.226. The lowest BCUT2D eigenvalue weighted by Gasteiger charge is -2.10. The van der Waals surface area contributed by atoms with Crippen LogP contribution in [0.15, 0.2) is 36.8 Å². The first-order chi connectivity index (χ1) is 11.7. The molecule has 3 heterocycles. The van der Waals surface area contributed by atoms with Crippen molar-refractivity contribution in [2.75, 3.05) is 5.73 Å². The Morgan fingerprint density at radius 3 is 2.67 bits per heavy atom. The maximum Gasteiger partial charge on any atom is 0.142 e. The monoisotopic (exact) mass is 318 g/mol. The molecule has 0 aliphatic heterocycles. The molecule has 0 atom stereocenters. The van der Waals surface area contributed by atoms with Gasteiger partial charge in [0, 0.05) is 41.3 Å². The summed E-state index contributed by atoms with van der Waals surface area (Å²) in [4.78, 5) is 8.39. The average molecular weight is 318 g/mol. The fourth-order valence-corrected chi connectivity index (χ4v) is 2.71. The van der Waals surface area contributed by atoms with Crippen LogP contribution in [-0.2, 0) is 6.54 Å². The number of nitrogens with two attached hydrogens (primary N) is 1. The predicted octanol–water partition coefficient (Wildman–Crippen LogP) is 3.18. The van der Waals surface area contributed by atoms with Crippen molar-refractivity contribution in [1.82, 2.24) is 19.7 Å². The van der Waals surface area contributed by atoms with Gasteiger partial charge in [-0.05, 0) is 31.5 Å². The largest absolute Gasteiger partial charge is 0.383 e. The third kappa shape index (κ3) is 2.72. The van der Waals surface area contributed by atoms with Crippen molar-refractivity contribution in [3.63, 3.8) is 0 Å². The van der Waals surface area contributed by atoms with Crippen LogP contribution in [0.4, 0.5) is 5.82 Å². The number of nitrogen functional groups attached to an aromatic ring is 1. The molecule has 120 valence electrons. The van der Waals surface area contributed by atoms with Gasteiger partial charge >= 0.3 is 0 Å². The second-order valence-electron chi connectivity index (χ2n) is 5.53. The molecule has 24 heavy (non-hydrogen) atoms. The van der Waals surface area contributed by atoms with E-state index in [0.29, 0.717) is 11.3 Å². The van der Waals surface area contributed by atoms with Crippen LogP contribution in [0.1, 0.15) is 24.6 Å². The van der Waals surface area contributed by atoms with Crippen molar-refractivity contribution in [3.05, 3.63) is 48.0 Å². The molecule has 3 rings (SSSR count). The highest BCUT2D eigenvalue weighted by molar-refractivity contribution is 5.80. The molecule has 2 N–H and O–H groups in total. The summed E-state index contributed by atoms with van der Waals surface area (Å²) in [5, 5.41) is 13.9. The predicted molar refractivity (Wildman–Crippen MR) is 92.8 cm³/mol. The zero-order valence-corrected chi connectivity index (χ0v) is 13.7. The third-order valence-corrected chi connectivity index (χ3v) is 3.96. The summed E-state index contributed by atoms with van der Waals surface area (Å²) in [6, 6.07) is 7.80. The van der Waals surface area contributed by atoms with Gasteiger partial charge in [0.25, 0.3) is 0 Å². The van der Waals surface area contributed by atoms with E-state index in [2.05, 4.69) is 28.1 Å². The van der Waals surface area contributed by atoms with Crippen molar-refractivity contribution < 1.29 is 0 Å². The number of aromatic nitrogens is 4. The van der Waals surface area contributed by atoms with E-state index < -0.39 is 0 Å². The zero-order valence-electron chi connectivity index (χ0n) is 13.7. The maximum atomic E-state index is 9.52. The van der Waals surface area contributed by atoms with E-state index >= 15 is 0 Å². The highest BCUT2D eigenvalue weighted by Gasteiger charge is 2.17. The fourth-order valence-electron chi connectivity index (χ4n) is 2.71. The Bertz CT molecular complexity index is 905. The number of hydrogen-bond donors (Lipinski definition) is 1. The van der Waals surface area contributed by atoms with Crippen LogP contribution in [0.2, 0.25) is 0 Å². The molecular formula is C18H18N6. The van der Waals surface area contributed by atoms with Crippen LogP contribution in [-0.4, -0.2) is 19.7 Å². The summed E-state index contributed by atoms with van der Waals surface area (Å²) in [7, 11) is 0. The summed E-state index contributed by atoms with van der Waals surface area (Å²) < 4.78 is 1.94. The minimum absolute atomic E-state index is 0.226. The van der Waals surface area contributed by atoms with Crippen LogP contribution in [0.3, 0.4) is 0 Å². The van der Waals surface area contributed by atoms with Gasteiger partial charge in [0.1, 0.15) is 17.5 Å². The minimum Gasteiger partial charge on any atom is -0.383 e. The van der Waals surface area contributed by atoms with E-state index in [1.165, 1.54) is 0 Å². The Morgan fingerprint density at radius 2 is 2.00 bits per heavy atom. The molecule has 0 spiro atoms. The topological polar surface area (TPSA) is 93.4 Å². The van der Waals surface area contributed by atoms with Gasteiger partial charge in [-0.1, -0.05) is 6.92 Å². The Balaban J connectivity index is 2.20. The number of anilines is 1. The average Bonchev–Trinajstić information content (AvgIpc) is 2.96. The van der Waals surface area contributed by atoms with Crippen LogP contribution < -0.4 is 5.73 Å². The number of nitriles is 1. The first-order valence-corrected chi connectivity index (χ1v) is 7.79. The molecule has 0 amide bonds. The molecule has 0 bridgehead atoms. The van der Waals surface area contributed by atoms with E-state index in [-0.39, 0.29) is 5.82 Å². The summed E-state index contributed by atoms with van der Waals surface area (Å²) in [6.45, 7) is 4.95. The van der Waals surface area contributed by atoms with Gasteiger partial charge in [-0.15, -0.1) is 0 Å². The number of aryl methyl sites for hydroxylation is 1. The van der Waals surface area contributed by atoms with Crippen LogP contribution in [0, 0.1) is 18.3 Å². The molecular weight excluding hydrogens is 300 g/mol. The van der Waals surface area contributed by atoms with Crippen molar-refractivity contribution in [2.24, 2.45) is 0 Å². The molecule has 0 aromatic carbocycles. The highest BCUT2D eigenvalue weighted by Crippen LogP contribution is 2.32. The Morgan fingerprint density at radius 1 is 1.25 bits per heavy atom. The smallest absolute Gasteiger partial charge is 0.142 e. The standard InChI is InChI=1S/C18H18N6/c1-3-8-24-12(2)16(11-22-24)14-9-17(13-4-6-21-7-5-13)23-18(20)15(14)10-19/h4-7,9,11H,3,8H2,1-2H3,(H2,20,23). The quantitative estimate of drug-likeness (QED) is 0.797. The van der Waals surface area contributed by atoms with E-state index in [4.69, 9.17) is 5.73 Å². The third-order valence-electron chi connectivity index (χ3n) is 3.96. The lowest BCUT2D eigenvalue weighted by atomic mass is 9.99. The van der Waals surface area contributed by atoms with E-state index in [1.807, 2.05) is 29.8 Å². The van der Waals surface area contributed by atoms with E-state index in [0.717, 1.165) is 35.3 Å². The lowest BCUT2D eigenvalue weighted by molar-refractivity contribution is 0.587. The number of rotatable bonds is 4. The van der Waals surface area contributed by atoms with Gasteiger partial charge in [0.2, 0.25) is 0 Å². The second kappa shape index (κ2) is 6.50. The highest BCUT2D eigenvalue weighted by atomic mass is 15.3. The summed E-state index contributed by atoms with van der Waals surface area (Å²) in [5.41, 5.74) is 10.7. The molecule has 3 aromatic rings. The van der Waals surface area contributed by atoms with Crippen LogP contribution >= 0.6 is 0 Å². The molecule has 0 unspecified atom stereocenters. The Hall–Kier alpha value is -3.20. The van der Waals surface area contributed by atoms with Crippen molar-refractivity contribution in [2.45, 2.75) is 26.8 Å². The molecule has 0 saturated carbocycles. The fraction of sp³-hybridized carbons (Fsp3) is 0.222. The molecule has 6 heteroatoms. The first kappa shape index (κ1) is 15.7. The molecule has 3 aromatic heterocycles. The van der Waals surface area contributed by atoms with Crippen molar-refractivity contribution >= 4 is 5.82 Å².